The quantitative estimate of drug-likeness (QED) is 0.635. The van der Waals surface area contributed by atoms with Crippen LogP contribution in [-0.2, 0) is 4.79 Å². The van der Waals surface area contributed by atoms with Crippen LogP contribution in [0.2, 0.25) is 10.0 Å². The Morgan fingerprint density at radius 2 is 1.86 bits per heavy atom. The van der Waals surface area contributed by atoms with Crippen LogP contribution in [0.25, 0.3) is 11.1 Å². The average molecular weight is 333 g/mol. The number of nitrogens with zero attached hydrogens (tertiary/aromatic N) is 1. The number of hydrogen-bond donors (Lipinski definition) is 2. The third-order valence-electron chi connectivity index (χ3n) is 2.86. The first kappa shape index (κ1) is 15.9. The van der Waals surface area contributed by atoms with Crippen molar-refractivity contribution in [2.45, 2.75) is 0 Å². The number of nitriles is 1. The Morgan fingerprint density at radius 1 is 1.18 bits per heavy atom. The molecule has 2 aromatic carbocycles. The monoisotopic (exact) mass is 332 g/mol. The minimum atomic E-state index is -1.29. The Kier molecular flexibility index (Phi) is 5.05. The number of anilines is 1. The van der Waals surface area contributed by atoms with Crippen LogP contribution in [0.4, 0.5) is 5.69 Å². The smallest absolute Gasteiger partial charge is 0.347 e. The number of hydrogen-bond acceptors (Lipinski definition) is 3. The van der Waals surface area contributed by atoms with Crippen molar-refractivity contribution in [3.63, 3.8) is 0 Å². The molecule has 0 aliphatic heterocycles. The number of halogens is 2. The van der Waals surface area contributed by atoms with Crippen LogP contribution in [0, 0.1) is 11.3 Å². The molecule has 0 fully saturated rings. The molecule has 0 radical (unpaired) electrons. The van der Waals surface area contributed by atoms with Gasteiger partial charge in [0.25, 0.3) is 0 Å². The number of nitrogens with one attached hydrogen (secondary N) is 1. The Bertz CT molecular complexity index is 778. The summed E-state index contributed by atoms with van der Waals surface area (Å²) in [4.78, 5) is 10.7. The fraction of sp³-hybridized carbons (Fsp3) is 0. The molecule has 0 aliphatic carbocycles. The standard InChI is InChI=1S/C16H10Cl2N2O2/c17-12-3-1-10(2-4-12)14-6-5-13(7-15(14)18)20-9-11(8-19)16(21)22/h1-7,9,20H,(H,21,22)/b11-9+. The van der Waals surface area contributed by atoms with Gasteiger partial charge in [-0.05, 0) is 29.8 Å². The van der Waals surface area contributed by atoms with Crippen LogP contribution >= 0.6 is 23.2 Å². The molecule has 22 heavy (non-hydrogen) atoms. The maximum absolute atomic E-state index is 10.7. The summed E-state index contributed by atoms with van der Waals surface area (Å²) in [6, 6.07) is 14.0. The Balaban J connectivity index is 2.25. The second-order valence-electron chi connectivity index (χ2n) is 4.32. The van der Waals surface area contributed by atoms with Gasteiger partial charge in [-0.3, -0.25) is 0 Å². The van der Waals surface area contributed by atoms with Crippen molar-refractivity contribution >= 4 is 34.9 Å². The third-order valence-corrected chi connectivity index (χ3v) is 3.42. The summed E-state index contributed by atoms with van der Waals surface area (Å²) in [5.41, 5.74) is 1.93. The fourth-order valence-corrected chi connectivity index (χ4v) is 2.18. The summed E-state index contributed by atoms with van der Waals surface area (Å²) in [6.07, 6.45) is 1.12. The predicted octanol–water partition coefficient (Wildman–Crippen LogP) is 4.56. The zero-order valence-electron chi connectivity index (χ0n) is 11.2. The molecule has 2 N–H and O–H groups in total. The highest BCUT2D eigenvalue weighted by molar-refractivity contribution is 6.33. The first-order valence-electron chi connectivity index (χ1n) is 6.17. The van der Waals surface area contributed by atoms with Crippen LogP contribution in [0.15, 0.2) is 54.2 Å². The molecule has 2 aromatic rings. The highest BCUT2D eigenvalue weighted by Gasteiger charge is 2.07. The van der Waals surface area contributed by atoms with E-state index in [1.807, 2.05) is 12.1 Å². The topological polar surface area (TPSA) is 73.1 Å². The van der Waals surface area contributed by atoms with Crippen LogP contribution < -0.4 is 5.32 Å². The van der Waals surface area contributed by atoms with E-state index in [2.05, 4.69) is 5.32 Å². The number of carboxylic acid groups (broad SMARTS) is 1. The van der Waals surface area contributed by atoms with Gasteiger partial charge in [0.05, 0.1) is 5.02 Å². The first-order valence-corrected chi connectivity index (χ1v) is 6.92. The lowest BCUT2D eigenvalue weighted by Crippen LogP contribution is -2.01. The van der Waals surface area contributed by atoms with E-state index in [0.29, 0.717) is 15.7 Å². The summed E-state index contributed by atoms with van der Waals surface area (Å²) in [5.74, 6) is -1.29. The molecule has 0 heterocycles. The highest BCUT2D eigenvalue weighted by Crippen LogP contribution is 2.31. The van der Waals surface area contributed by atoms with Crippen molar-refractivity contribution in [2.75, 3.05) is 5.32 Å². The van der Waals surface area contributed by atoms with E-state index in [0.717, 1.165) is 17.3 Å². The number of rotatable bonds is 4. The van der Waals surface area contributed by atoms with E-state index >= 15 is 0 Å². The molecule has 0 aromatic heterocycles. The van der Waals surface area contributed by atoms with Crippen LogP contribution in [-0.4, -0.2) is 11.1 Å². The van der Waals surface area contributed by atoms with Gasteiger partial charge in [-0.1, -0.05) is 41.4 Å². The summed E-state index contributed by atoms with van der Waals surface area (Å²) in [5, 5.41) is 21.3. The zero-order valence-corrected chi connectivity index (χ0v) is 12.7. The van der Waals surface area contributed by atoms with E-state index in [1.165, 1.54) is 0 Å². The highest BCUT2D eigenvalue weighted by atomic mass is 35.5. The predicted molar refractivity (Wildman–Crippen MR) is 86.9 cm³/mol. The Hall–Kier alpha value is -2.48. The lowest BCUT2D eigenvalue weighted by molar-refractivity contribution is -0.132. The van der Waals surface area contributed by atoms with E-state index in [-0.39, 0.29) is 0 Å². The molecular formula is C16H10Cl2N2O2. The molecule has 0 amide bonds. The van der Waals surface area contributed by atoms with Crippen molar-refractivity contribution in [1.82, 2.24) is 0 Å². The summed E-state index contributed by atoms with van der Waals surface area (Å²) >= 11 is 12.1. The minimum Gasteiger partial charge on any atom is -0.477 e. The van der Waals surface area contributed by atoms with E-state index in [4.69, 9.17) is 33.6 Å². The van der Waals surface area contributed by atoms with Crippen molar-refractivity contribution in [3.05, 3.63) is 64.3 Å². The Labute approximate surface area is 137 Å². The normalized spacial score (nSPS) is 10.9. The lowest BCUT2D eigenvalue weighted by Gasteiger charge is -2.08. The second-order valence-corrected chi connectivity index (χ2v) is 5.16. The van der Waals surface area contributed by atoms with Gasteiger partial charge in [0.1, 0.15) is 6.07 Å². The fourth-order valence-electron chi connectivity index (χ4n) is 1.77. The third kappa shape index (κ3) is 3.79. The maximum Gasteiger partial charge on any atom is 0.347 e. The summed E-state index contributed by atoms with van der Waals surface area (Å²) in [7, 11) is 0. The van der Waals surface area contributed by atoms with Gasteiger partial charge in [-0.25, -0.2) is 4.79 Å². The van der Waals surface area contributed by atoms with Gasteiger partial charge in [0.2, 0.25) is 0 Å². The Morgan fingerprint density at radius 3 is 2.41 bits per heavy atom. The molecule has 0 unspecified atom stereocenters. The van der Waals surface area contributed by atoms with E-state index in [1.54, 1.807) is 36.4 Å². The molecule has 0 atom stereocenters. The number of benzene rings is 2. The SMILES string of the molecule is N#C/C(=C\Nc1ccc(-c2ccc(Cl)cc2)c(Cl)c1)C(=O)O. The van der Waals surface area contributed by atoms with E-state index < -0.39 is 11.5 Å². The maximum atomic E-state index is 10.7. The van der Waals surface area contributed by atoms with Crippen molar-refractivity contribution in [2.24, 2.45) is 0 Å². The molecule has 0 bridgehead atoms. The molecule has 6 heteroatoms. The number of aliphatic carboxylic acids is 1. The number of carbonyl (C=O) groups is 1. The zero-order chi connectivity index (χ0) is 16.1. The van der Waals surface area contributed by atoms with Crippen LogP contribution in [0.3, 0.4) is 0 Å². The molecule has 110 valence electrons. The van der Waals surface area contributed by atoms with Crippen LogP contribution in [0.1, 0.15) is 0 Å². The minimum absolute atomic E-state index is 0.391. The first-order chi connectivity index (χ1) is 10.5. The number of carboxylic acids is 1. The van der Waals surface area contributed by atoms with Gasteiger partial charge in [0.15, 0.2) is 5.57 Å². The summed E-state index contributed by atoms with van der Waals surface area (Å²) < 4.78 is 0. The van der Waals surface area contributed by atoms with Crippen molar-refractivity contribution < 1.29 is 9.90 Å². The average Bonchev–Trinajstić information content (AvgIpc) is 2.49. The van der Waals surface area contributed by atoms with Gasteiger partial charge in [0, 0.05) is 22.5 Å². The van der Waals surface area contributed by atoms with Crippen LogP contribution in [0.5, 0.6) is 0 Å². The molecule has 4 nitrogen and oxygen atoms in total. The molecule has 0 saturated carbocycles. The van der Waals surface area contributed by atoms with Gasteiger partial charge in [-0.2, -0.15) is 5.26 Å². The van der Waals surface area contributed by atoms with Crippen molar-refractivity contribution in [1.29, 1.82) is 5.26 Å². The van der Waals surface area contributed by atoms with Crippen molar-refractivity contribution in [3.8, 4) is 17.2 Å². The molecular weight excluding hydrogens is 323 g/mol. The lowest BCUT2D eigenvalue weighted by atomic mass is 10.1. The molecule has 0 aliphatic rings. The van der Waals surface area contributed by atoms with E-state index in [9.17, 15) is 4.79 Å². The molecule has 0 spiro atoms. The largest absolute Gasteiger partial charge is 0.477 e. The van der Waals surface area contributed by atoms with Gasteiger partial charge >= 0.3 is 5.97 Å². The summed E-state index contributed by atoms with van der Waals surface area (Å²) in [6.45, 7) is 0. The molecule has 2 rings (SSSR count). The molecule has 0 saturated heterocycles. The van der Waals surface area contributed by atoms with Gasteiger partial charge in [-0.15, -0.1) is 0 Å². The van der Waals surface area contributed by atoms with Gasteiger partial charge < -0.3 is 10.4 Å². The second kappa shape index (κ2) is 6.99.